The number of nitrogens with zero attached hydrogens (tertiary/aromatic N) is 3. The van der Waals surface area contributed by atoms with Crippen LogP contribution < -0.4 is 10.5 Å². The standard InChI is InChI=1S/C12H16FN5O2S/c1-8-3-10(4-9(5-14)12(8)13)21(19,20)16-6-11-15-7-18(2)17-11/h3-4,7,16H,5-6,14H2,1-2H3. The molecule has 0 aliphatic carbocycles. The number of nitrogens with one attached hydrogen (secondary N) is 1. The highest BCUT2D eigenvalue weighted by Gasteiger charge is 2.18. The molecule has 2 rings (SSSR count). The summed E-state index contributed by atoms with van der Waals surface area (Å²) < 4.78 is 42.0. The van der Waals surface area contributed by atoms with Crippen LogP contribution in [0.1, 0.15) is 17.0 Å². The van der Waals surface area contributed by atoms with E-state index in [1.54, 1.807) is 7.05 Å². The van der Waals surface area contributed by atoms with Crippen molar-refractivity contribution in [3.63, 3.8) is 0 Å². The van der Waals surface area contributed by atoms with E-state index in [1.165, 1.54) is 30.1 Å². The fourth-order valence-corrected chi connectivity index (χ4v) is 2.93. The van der Waals surface area contributed by atoms with E-state index >= 15 is 0 Å². The number of hydrogen-bond acceptors (Lipinski definition) is 5. The minimum absolute atomic E-state index is 0.0298. The Hall–Kier alpha value is -1.84. The summed E-state index contributed by atoms with van der Waals surface area (Å²) in [7, 11) is -2.10. The second-order valence-corrected chi connectivity index (χ2v) is 6.34. The molecule has 0 atom stereocenters. The van der Waals surface area contributed by atoms with Crippen molar-refractivity contribution in [2.24, 2.45) is 12.8 Å². The van der Waals surface area contributed by atoms with Gasteiger partial charge in [-0.15, -0.1) is 0 Å². The maximum Gasteiger partial charge on any atom is 0.241 e. The summed E-state index contributed by atoms with van der Waals surface area (Å²) in [6, 6.07) is 2.50. The average Bonchev–Trinajstić information content (AvgIpc) is 2.85. The molecular formula is C12H16FN5O2S. The van der Waals surface area contributed by atoms with Gasteiger partial charge in [-0.05, 0) is 24.6 Å². The number of aromatic nitrogens is 3. The van der Waals surface area contributed by atoms with Crippen LogP contribution in [0, 0.1) is 12.7 Å². The summed E-state index contributed by atoms with van der Waals surface area (Å²) in [5.74, 6) is -0.137. The van der Waals surface area contributed by atoms with Gasteiger partial charge in [0.25, 0.3) is 0 Å². The molecule has 21 heavy (non-hydrogen) atoms. The molecule has 0 spiro atoms. The van der Waals surface area contributed by atoms with Gasteiger partial charge < -0.3 is 5.73 Å². The van der Waals surface area contributed by atoms with Gasteiger partial charge in [-0.1, -0.05) is 0 Å². The summed E-state index contributed by atoms with van der Waals surface area (Å²) >= 11 is 0. The summed E-state index contributed by atoms with van der Waals surface area (Å²) in [4.78, 5) is 3.89. The predicted molar refractivity (Wildman–Crippen MR) is 74.1 cm³/mol. The van der Waals surface area contributed by atoms with Crippen LogP contribution in [-0.2, 0) is 30.2 Å². The zero-order valence-electron chi connectivity index (χ0n) is 11.7. The topological polar surface area (TPSA) is 103 Å². The minimum Gasteiger partial charge on any atom is -0.326 e. The molecule has 9 heteroatoms. The van der Waals surface area contributed by atoms with Crippen molar-refractivity contribution >= 4 is 10.0 Å². The smallest absolute Gasteiger partial charge is 0.241 e. The molecule has 0 unspecified atom stereocenters. The van der Waals surface area contributed by atoms with Gasteiger partial charge in [0, 0.05) is 19.2 Å². The number of hydrogen-bond donors (Lipinski definition) is 2. The third kappa shape index (κ3) is 3.43. The Bertz CT molecular complexity index is 757. The lowest BCUT2D eigenvalue weighted by atomic mass is 10.1. The summed E-state index contributed by atoms with van der Waals surface area (Å²) in [5.41, 5.74) is 5.81. The normalized spacial score (nSPS) is 11.8. The van der Waals surface area contributed by atoms with Gasteiger partial charge in [0.05, 0.1) is 11.4 Å². The molecule has 0 amide bonds. The lowest BCUT2D eigenvalue weighted by Crippen LogP contribution is -2.24. The molecule has 0 saturated heterocycles. The maximum absolute atomic E-state index is 13.7. The van der Waals surface area contributed by atoms with Crippen LogP contribution in [0.5, 0.6) is 0 Å². The number of benzene rings is 1. The predicted octanol–water partition coefficient (Wildman–Crippen LogP) is 0.200. The lowest BCUT2D eigenvalue weighted by molar-refractivity contribution is 0.575. The van der Waals surface area contributed by atoms with Crippen LogP contribution in [0.25, 0.3) is 0 Å². The Morgan fingerprint density at radius 2 is 2.14 bits per heavy atom. The molecule has 114 valence electrons. The Kier molecular flexibility index (Phi) is 4.35. The molecule has 0 radical (unpaired) electrons. The van der Waals surface area contributed by atoms with Crippen molar-refractivity contribution in [2.75, 3.05) is 0 Å². The molecule has 0 aliphatic heterocycles. The van der Waals surface area contributed by atoms with Crippen LogP contribution >= 0.6 is 0 Å². The van der Waals surface area contributed by atoms with Gasteiger partial charge in [-0.3, -0.25) is 4.68 Å². The van der Waals surface area contributed by atoms with E-state index in [0.29, 0.717) is 5.82 Å². The maximum atomic E-state index is 13.7. The summed E-state index contributed by atoms with van der Waals surface area (Å²) in [6.45, 7) is 1.38. The van der Waals surface area contributed by atoms with E-state index in [9.17, 15) is 12.8 Å². The first-order valence-corrected chi connectivity index (χ1v) is 7.65. The first-order chi connectivity index (χ1) is 9.83. The summed E-state index contributed by atoms with van der Waals surface area (Å²) in [6.07, 6.45) is 1.47. The molecule has 0 aliphatic rings. The number of sulfonamides is 1. The number of nitrogens with two attached hydrogens (primary N) is 1. The van der Waals surface area contributed by atoms with Crippen molar-refractivity contribution in [3.8, 4) is 0 Å². The summed E-state index contributed by atoms with van der Waals surface area (Å²) in [5, 5.41) is 3.97. The quantitative estimate of drug-likeness (QED) is 0.821. The number of aryl methyl sites for hydroxylation is 2. The molecule has 0 fully saturated rings. The number of halogens is 1. The molecule has 0 bridgehead atoms. The molecular weight excluding hydrogens is 297 g/mol. The van der Waals surface area contributed by atoms with Crippen molar-refractivity contribution in [1.82, 2.24) is 19.5 Å². The Labute approximate surface area is 122 Å². The highest BCUT2D eigenvalue weighted by molar-refractivity contribution is 7.89. The van der Waals surface area contributed by atoms with Gasteiger partial charge >= 0.3 is 0 Å². The van der Waals surface area contributed by atoms with Crippen molar-refractivity contribution in [2.45, 2.75) is 24.9 Å². The van der Waals surface area contributed by atoms with E-state index in [0.717, 1.165) is 0 Å². The lowest BCUT2D eigenvalue weighted by Gasteiger charge is -2.09. The largest absolute Gasteiger partial charge is 0.326 e. The fourth-order valence-electron chi connectivity index (χ4n) is 1.82. The van der Waals surface area contributed by atoms with E-state index < -0.39 is 15.8 Å². The van der Waals surface area contributed by atoms with Crippen molar-refractivity contribution in [3.05, 3.63) is 41.2 Å². The van der Waals surface area contributed by atoms with Crippen LogP contribution in [0.3, 0.4) is 0 Å². The molecule has 7 nitrogen and oxygen atoms in total. The van der Waals surface area contributed by atoms with E-state index in [4.69, 9.17) is 5.73 Å². The van der Waals surface area contributed by atoms with Crippen LogP contribution in [-0.4, -0.2) is 23.2 Å². The molecule has 3 N–H and O–H groups in total. The van der Waals surface area contributed by atoms with Gasteiger partial charge in [0.2, 0.25) is 10.0 Å². The third-order valence-corrected chi connectivity index (χ3v) is 4.28. The molecule has 2 aromatic rings. The Balaban J connectivity index is 2.25. The van der Waals surface area contributed by atoms with Gasteiger partial charge in [-0.2, -0.15) is 5.10 Å². The van der Waals surface area contributed by atoms with Gasteiger partial charge in [0.15, 0.2) is 5.82 Å². The van der Waals surface area contributed by atoms with Crippen LogP contribution in [0.15, 0.2) is 23.4 Å². The molecule has 1 aromatic carbocycles. The van der Waals surface area contributed by atoms with Gasteiger partial charge in [-0.25, -0.2) is 22.5 Å². The SMILES string of the molecule is Cc1cc(S(=O)(=O)NCc2ncn(C)n2)cc(CN)c1F. The van der Waals surface area contributed by atoms with Crippen LogP contribution in [0.4, 0.5) is 4.39 Å². The van der Waals surface area contributed by atoms with Crippen LogP contribution in [0.2, 0.25) is 0 Å². The first-order valence-electron chi connectivity index (χ1n) is 6.16. The monoisotopic (exact) mass is 313 g/mol. The fraction of sp³-hybridized carbons (Fsp3) is 0.333. The highest BCUT2D eigenvalue weighted by atomic mass is 32.2. The molecule has 1 aromatic heterocycles. The third-order valence-electron chi connectivity index (χ3n) is 2.90. The Morgan fingerprint density at radius 1 is 1.43 bits per heavy atom. The Morgan fingerprint density at radius 3 is 2.71 bits per heavy atom. The van der Waals surface area contributed by atoms with Gasteiger partial charge in [0.1, 0.15) is 12.1 Å². The molecule has 0 saturated carbocycles. The van der Waals surface area contributed by atoms with Crippen molar-refractivity contribution < 1.29 is 12.8 Å². The minimum atomic E-state index is -3.78. The molecule has 1 heterocycles. The highest BCUT2D eigenvalue weighted by Crippen LogP contribution is 2.19. The van der Waals surface area contributed by atoms with Crippen molar-refractivity contribution in [1.29, 1.82) is 0 Å². The van der Waals surface area contributed by atoms with E-state index in [2.05, 4.69) is 14.8 Å². The average molecular weight is 313 g/mol. The van der Waals surface area contributed by atoms with E-state index in [-0.39, 0.29) is 29.1 Å². The zero-order chi connectivity index (χ0) is 15.6. The second-order valence-electron chi connectivity index (χ2n) is 4.58. The second kappa shape index (κ2) is 5.88. The number of rotatable bonds is 5. The zero-order valence-corrected chi connectivity index (χ0v) is 12.5. The van der Waals surface area contributed by atoms with E-state index in [1.807, 2.05) is 0 Å². The first kappa shape index (κ1) is 15.5.